The molecule has 4 nitrogen and oxygen atoms in total. The fourth-order valence-corrected chi connectivity index (χ4v) is 3.75. The first-order valence-electron chi connectivity index (χ1n) is 8.29. The molecular formula is C16H29NO3. The van der Waals surface area contributed by atoms with Crippen LogP contribution in [0.15, 0.2) is 0 Å². The number of ether oxygens (including phenoxy) is 1. The lowest BCUT2D eigenvalue weighted by atomic mass is 9.78. The molecule has 1 heterocycles. The second-order valence-corrected chi connectivity index (χ2v) is 6.11. The molecular weight excluding hydrogens is 254 g/mol. The van der Waals surface area contributed by atoms with Gasteiger partial charge in [0, 0.05) is 25.1 Å². The van der Waals surface area contributed by atoms with Crippen LogP contribution in [0, 0.1) is 5.92 Å². The molecule has 3 atom stereocenters. The number of piperidine rings is 1. The lowest BCUT2D eigenvalue weighted by Gasteiger charge is -2.43. The number of carbonyl (C=O) groups is 1. The summed E-state index contributed by atoms with van der Waals surface area (Å²) in [5.41, 5.74) is 0. The van der Waals surface area contributed by atoms with Gasteiger partial charge >= 0.3 is 0 Å². The first-order valence-corrected chi connectivity index (χ1v) is 8.29. The number of aliphatic hydroxyl groups is 1. The Morgan fingerprint density at radius 3 is 2.70 bits per heavy atom. The zero-order valence-electron chi connectivity index (χ0n) is 12.7. The van der Waals surface area contributed by atoms with E-state index >= 15 is 0 Å². The van der Waals surface area contributed by atoms with E-state index in [2.05, 4.69) is 0 Å². The number of likely N-dealkylation sites (tertiary alicyclic amines) is 1. The Balaban J connectivity index is 1.95. The van der Waals surface area contributed by atoms with Gasteiger partial charge in [-0.05, 0) is 39.0 Å². The number of hydrogen-bond acceptors (Lipinski definition) is 3. The van der Waals surface area contributed by atoms with E-state index < -0.39 is 0 Å². The standard InChI is InChI=1S/C16H29NO3/c1-2-20-12-10-16(19)17-11-6-5-8-14(17)13-7-3-4-9-15(13)18/h13-15,18H,2-12H2,1H3. The molecule has 0 bridgehead atoms. The molecule has 1 amide bonds. The molecule has 0 spiro atoms. The summed E-state index contributed by atoms with van der Waals surface area (Å²) < 4.78 is 5.30. The third kappa shape index (κ3) is 3.95. The topological polar surface area (TPSA) is 49.8 Å². The normalized spacial score (nSPS) is 31.3. The molecule has 1 saturated carbocycles. The van der Waals surface area contributed by atoms with Crippen molar-refractivity contribution < 1.29 is 14.6 Å². The van der Waals surface area contributed by atoms with Crippen LogP contribution in [0.2, 0.25) is 0 Å². The highest BCUT2D eigenvalue weighted by atomic mass is 16.5. The van der Waals surface area contributed by atoms with Gasteiger partial charge < -0.3 is 14.7 Å². The minimum atomic E-state index is -0.214. The van der Waals surface area contributed by atoms with Crippen LogP contribution < -0.4 is 0 Å². The largest absolute Gasteiger partial charge is 0.393 e. The monoisotopic (exact) mass is 283 g/mol. The molecule has 0 aromatic heterocycles. The van der Waals surface area contributed by atoms with E-state index in [0.717, 1.165) is 38.6 Å². The molecule has 2 fully saturated rings. The van der Waals surface area contributed by atoms with Crippen LogP contribution in [0.5, 0.6) is 0 Å². The third-order valence-electron chi connectivity index (χ3n) is 4.81. The molecule has 1 aliphatic carbocycles. The van der Waals surface area contributed by atoms with Gasteiger partial charge in [-0.1, -0.05) is 12.8 Å². The fourth-order valence-electron chi connectivity index (χ4n) is 3.75. The van der Waals surface area contributed by atoms with Gasteiger partial charge in [0.15, 0.2) is 0 Å². The molecule has 0 aromatic rings. The molecule has 20 heavy (non-hydrogen) atoms. The summed E-state index contributed by atoms with van der Waals surface area (Å²) in [5, 5.41) is 10.3. The van der Waals surface area contributed by atoms with Crippen LogP contribution >= 0.6 is 0 Å². The van der Waals surface area contributed by atoms with Crippen LogP contribution in [0.1, 0.15) is 58.3 Å². The van der Waals surface area contributed by atoms with Gasteiger partial charge in [-0.25, -0.2) is 0 Å². The van der Waals surface area contributed by atoms with Crippen LogP contribution in [0.3, 0.4) is 0 Å². The van der Waals surface area contributed by atoms with E-state index in [1.165, 1.54) is 12.8 Å². The molecule has 1 N–H and O–H groups in total. The van der Waals surface area contributed by atoms with Crippen molar-refractivity contribution in [2.24, 2.45) is 5.92 Å². The molecule has 0 radical (unpaired) electrons. The number of hydrogen-bond donors (Lipinski definition) is 1. The molecule has 3 unspecified atom stereocenters. The highest BCUT2D eigenvalue weighted by Gasteiger charge is 2.37. The second-order valence-electron chi connectivity index (χ2n) is 6.11. The maximum absolute atomic E-state index is 12.4. The summed E-state index contributed by atoms with van der Waals surface area (Å²) in [6.07, 6.45) is 7.90. The van der Waals surface area contributed by atoms with Crippen LogP contribution in [0.4, 0.5) is 0 Å². The molecule has 116 valence electrons. The number of amides is 1. The van der Waals surface area contributed by atoms with Crippen LogP contribution in [-0.2, 0) is 9.53 Å². The van der Waals surface area contributed by atoms with Gasteiger partial charge in [-0.15, -0.1) is 0 Å². The van der Waals surface area contributed by atoms with Crippen molar-refractivity contribution in [1.82, 2.24) is 4.90 Å². The van der Waals surface area contributed by atoms with Crippen molar-refractivity contribution in [2.45, 2.75) is 70.4 Å². The Hall–Kier alpha value is -0.610. The molecule has 2 rings (SSSR count). The predicted molar refractivity (Wildman–Crippen MR) is 78.4 cm³/mol. The maximum Gasteiger partial charge on any atom is 0.225 e. The summed E-state index contributed by atoms with van der Waals surface area (Å²) in [5.74, 6) is 0.501. The maximum atomic E-state index is 12.4. The average Bonchev–Trinajstić information content (AvgIpc) is 2.48. The molecule has 1 saturated heterocycles. The Morgan fingerprint density at radius 2 is 1.95 bits per heavy atom. The van der Waals surface area contributed by atoms with E-state index in [0.29, 0.717) is 25.6 Å². The molecule has 4 heteroatoms. The average molecular weight is 283 g/mol. The first kappa shape index (κ1) is 15.8. The summed E-state index contributed by atoms with van der Waals surface area (Å²) in [4.78, 5) is 14.4. The number of carbonyl (C=O) groups excluding carboxylic acids is 1. The second kappa shape index (κ2) is 7.99. The summed E-state index contributed by atoms with van der Waals surface area (Å²) in [6, 6.07) is 0.258. The van der Waals surface area contributed by atoms with Crippen molar-refractivity contribution in [3.05, 3.63) is 0 Å². The minimum absolute atomic E-state index is 0.209. The lowest BCUT2D eigenvalue weighted by Crippen LogP contribution is -2.51. The number of rotatable bonds is 5. The smallest absolute Gasteiger partial charge is 0.225 e. The summed E-state index contributed by atoms with van der Waals surface area (Å²) >= 11 is 0. The lowest BCUT2D eigenvalue weighted by molar-refractivity contribution is -0.139. The highest BCUT2D eigenvalue weighted by Crippen LogP contribution is 2.34. The molecule has 2 aliphatic rings. The predicted octanol–water partition coefficient (Wildman–Crippen LogP) is 2.35. The van der Waals surface area contributed by atoms with E-state index in [9.17, 15) is 9.90 Å². The fraction of sp³-hybridized carbons (Fsp3) is 0.938. The Bertz CT molecular complexity index is 308. The highest BCUT2D eigenvalue weighted by molar-refractivity contribution is 5.76. The number of nitrogens with zero attached hydrogens (tertiary/aromatic N) is 1. The van der Waals surface area contributed by atoms with E-state index in [-0.39, 0.29) is 18.1 Å². The first-order chi connectivity index (χ1) is 9.74. The van der Waals surface area contributed by atoms with Gasteiger partial charge in [0.05, 0.1) is 19.1 Å². The summed E-state index contributed by atoms with van der Waals surface area (Å²) in [6.45, 7) is 4.00. The molecule has 0 aromatic carbocycles. The zero-order valence-corrected chi connectivity index (χ0v) is 12.7. The van der Waals surface area contributed by atoms with Gasteiger partial charge in [-0.2, -0.15) is 0 Å². The quantitative estimate of drug-likeness (QED) is 0.788. The SMILES string of the molecule is CCOCCC(=O)N1CCCCC1C1CCCCC1O. The number of aliphatic hydroxyl groups excluding tert-OH is 1. The minimum Gasteiger partial charge on any atom is -0.393 e. The van der Waals surface area contributed by atoms with Crippen molar-refractivity contribution in [3.8, 4) is 0 Å². The Labute approximate surface area is 122 Å². The van der Waals surface area contributed by atoms with Crippen molar-refractivity contribution in [3.63, 3.8) is 0 Å². The van der Waals surface area contributed by atoms with Gasteiger partial charge in [0.25, 0.3) is 0 Å². The van der Waals surface area contributed by atoms with Crippen molar-refractivity contribution >= 4 is 5.91 Å². The summed E-state index contributed by atoms with van der Waals surface area (Å²) in [7, 11) is 0. The van der Waals surface area contributed by atoms with Gasteiger partial charge in [0.1, 0.15) is 0 Å². The van der Waals surface area contributed by atoms with Crippen LogP contribution in [-0.4, -0.2) is 47.8 Å². The Morgan fingerprint density at radius 1 is 1.20 bits per heavy atom. The third-order valence-corrected chi connectivity index (χ3v) is 4.81. The van der Waals surface area contributed by atoms with E-state index in [4.69, 9.17) is 4.74 Å². The van der Waals surface area contributed by atoms with Crippen molar-refractivity contribution in [1.29, 1.82) is 0 Å². The van der Waals surface area contributed by atoms with E-state index in [1.807, 2.05) is 11.8 Å². The van der Waals surface area contributed by atoms with Crippen molar-refractivity contribution in [2.75, 3.05) is 19.8 Å². The van der Waals surface area contributed by atoms with Crippen LogP contribution in [0.25, 0.3) is 0 Å². The molecule has 1 aliphatic heterocycles. The Kier molecular flexibility index (Phi) is 6.30. The zero-order chi connectivity index (χ0) is 14.4. The van der Waals surface area contributed by atoms with E-state index in [1.54, 1.807) is 0 Å². The van der Waals surface area contributed by atoms with Gasteiger partial charge in [-0.3, -0.25) is 4.79 Å². The van der Waals surface area contributed by atoms with Gasteiger partial charge in [0.2, 0.25) is 5.91 Å².